The number of thiocarbonyl (C=S) groups is 1. The predicted molar refractivity (Wildman–Crippen MR) is 76.5 cm³/mol. The van der Waals surface area contributed by atoms with Crippen LogP contribution in [0.4, 0.5) is 0 Å². The van der Waals surface area contributed by atoms with Crippen molar-refractivity contribution in [2.75, 3.05) is 13.6 Å². The maximum absolute atomic E-state index is 5.28. The first-order chi connectivity index (χ1) is 7.65. The van der Waals surface area contributed by atoms with Crippen molar-refractivity contribution in [2.24, 2.45) is 0 Å². The van der Waals surface area contributed by atoms with Crippen molar-refractivity contribution in [3.63, 3.8) is 0 Å². The molecule has 2 nitrogen and oxygen atoms in total. The summed E-state index contributed by atoms with van der Waals surface area (Å²) in [4.78, 5) is 2.05. The molecule has 0 aliphatic rings. The van der Waals surface area contributed by atoms with Gasteiger partial charge in [0, 0.05) is 24.6 Å². The van der Waals surface area contributed by atoms with Gasteiger partial charge in [-0.2, -0.15) is 0 Å². The third kappa shape index (κ3) is 4.10. The molecule has 0 amide bonds. The van der Waals surface area contributed by atoms with Gasteiger partial charge in [-0.3, -0.25) is 0 Å². The van der Waals surface area contributed by atoms with Crippen LogP contribution in [0.3, 0.4) is 0 Å². The summed E-state index contributed by atoms with van der Waals surface area (Å²) < 4.78 is 1.13. The minimum Gasteiger partial charge on any atom is -0.363 e. The van der Waals surface area contributed by atoms with Crippen LogP contribution in [0.5, 0.6) is 0 Å². The summed E-state index contributed by atoms with van der Waals surface area (Å²) in [5.74, 6) is 0. The van der Waals surface area contributed by atoms with Crippen LogP contribution in [0.1, 0.15) is 18.9 Å². The summed E-state index contributed by atoms with van der Waals surface area (Å²) >= 11 is 8.82. The van der Waals surface area contributed by atoms with Crippen molar-refractivity contribution >= 4 is 33.3 Å². The normalized spacial score (nSPS) is 9.94. The monoisotopic (exact) mass is 300 g/mol. The predicted octanol–water partition coefficient (Wildman–Crippen LogP) is 3.17. The molecule has 1 N–H and O–H groups in total. The third-order valence-electron chi connectivity index (χ3n) is 2.24. The Balaban J connectivity index is 2.54. The van der Waals surface area contributed by atoms with Gasteiger partial charge in [-0.15, -0.1) is 0 Å². The van der Waals surface area contributed by atoms with E-state index in [0.29, 0.717) is 0 Å². The molecule has 0 atom stereocenters. The Hall–Kier alpha value is -0.610. The summed E-state index contributed by atoms with van der Waals surface area (Å²) in [6, 6.07) is 8.20. The molecule has 1 aromatic rings. The van der Waals surface area contributed by atoms with Gasteiger partial charge in [-0.1, -0.05) is 41.1 Å². The summed E-state index contributed by atoms with van der Waals surface area (Å²) in [5, 5.41) is 4.02. The first-order valence-electron chi connectivity index (χ1n) is 5.37. The molecule has 0 heterocycles. The van der Waals surface area contributed by atoms with E-state index in [2.05, 4.69) is 34.2 Å². The lowest BCUT2D eigenvalue weighted by Gasteiger charge is -2.21. The summed E-state index contributed by atoms with van der Waals surface area (Å²) in [5.41, 5.74) is 1.24. The van der Waals surface area contributed by atoms with Gasteiger partial charge in [0.1, 0.15) is 0 Å². The highest BCUT2D eigenvalue weighted by Crippen LogP contribution is 2.17. The van der Waals surface area contributed by atoms with E-state index in [9.17, 15) is 0 Å². The minimum atomic E-state index is 0.803. The Kier molecular flexibility index (Phi) is 5.77. The molecule has 16 heavy (non-hydrogen) atoms. The minimum absolute atomic E-state index is 0.803. The first-order valence-corrected chi connectivity index (χ1v) is 6.57. The van der Waals surface area contributed by atoms with E-state index in [1.807, 2.05) is 30.1 Å². The van der Waals surface area contributed by atoms with Crippen LogP contribution in [-0.4, -0.2) is 23.6 Å². The van der Waals surface area contributed by atoms with Crippen LogP contribution in [0.25, 0.3) is 0 Å². The molecule has 1 rings (SSSR count). The number of benzene rings is 1. The summed E-state index contributed by atoms with van der Waals surface area (Å²) in [7, 11) is 2.00. The largest absolute Gasteiger partial charge is 0.363 e. The van der Waals surface area contributed by atoms with E-state index in [0.717, 1.165) is 29.1 Å². The highest BCUT2D eigenvalue weighted by atomic mass is 79.9. The van der Waals surface area contributed by atoms with Crippen LogP contribution in [-0.2, 0) is 6.54 Å². The molecular weight excluding hydrogens is 284 g/mol. The van der Waals surface area contributed by atoms with Gasteiger partial charge in [-0.05, 0) is 30.3 Å². The van der Waals surface area contributed by atoms with E-state index >= 15 is 0 Å². The smallest absolute Gasteiger partial charge is 0.168 e. The van der Waals surface area contributed by atoms with Gasteiger partial charge in [-0.25, -0.2) is 0 Å². The van der Waals surface area contributed by atoms with Crippen molar-refractivity contribution < 1.29 is 0 Å². The molecule has 0 aliphatic carbocycles. The lowest BCUT2D eigenvalue weighted by Crippen LogP contribution is -2.36. The van der Waals surface area contributed by atoms with Gasteiger partial charge in [0.15, 0.2) is 5.11 Å². The van der Waals surface area contributed by atoms with Crippen molar-refractivity contribution in [2.45, 2.75) is 19.9 Å². The first kappa shape index (κ1) is 13.5. The molecule has 0 fully saturated rings. The molecule has 88 valence electrons. The van der Waals surface area contributed by atoms with Gasteiger partial charge >= 0.3 is 0 Å². The second kappa shape index (κ2) is 6.86. The van der Waals surface area contributed by atoms with Crippen LogP contribution in [0.15, 0.2) is 28.7 Å². The van der Waals surface area contributed by atoms with Gasteiger partial charge in [0.05, 0.1) is 0 Å². The number of hydrogen-bond acceptors (Lipinski definition) is 1. The Labute approximate surface area is 111 Å². The molecule has 0 spiro atoms. The SMILES string of the molecule is CCCNC(=S)N(C)Cc1ccccc1Br. The lowest BCUT2D eigenvalue weighted by molar-refractivity contribution is 0.488. The molecule has 0 aliphatic heterocycles. The number of nitrogens with one attached hydrogen (secondary N) is 1. The molecular formula is C12H17BrN2S. The number of rotatable bonds is 4. The molecule has 0 saturated heterocycles. The van der Waals surface area contributed by atoms with Crippen LogP contribution in [0.2, 0.25) is 0 Å². The molecule has 4 heteroatoms. The molecule has 0 saturated carbocycles. The van der Waals surface area contributed by atoms with E-state index in [-0.39, 0.29) is 0 Å². The molecule has 0 radical (unpaired) electrons. The lowest BCUT2D eigenvalue weighted by atomic mass is 10.2. The van der Waals surface area contributed by atoms with Crippen molar-refractivity contribution in [3.8, 4) is 0 Å². The maximum Gasteiger partial charge on any atom is 0.168 e. The molecule has 0 aromatic heterocycles. The Morgan fingerprint density at radius 1 is 1.44 bits per heavy atom. The molecule has 0 unspecified atom stereocenters. The van der Waals surface area contributed by atoms with E-state index in [1.54, 1.807) is 0 Å². The third-order valence-corrected chi connectivity index (χ3v) is 3.47. The molecule has 0 bridgehead atoms. The Morgan fingerprint density at radius 2 is 2.12 bits per heavy atom. The zero-order chi connectivity index (χ0) is 12.0. The van der Waals surface area contributed by atoms with Crippen LogP contribution >= 0.6 is 28.1 Å². The van der Waals surface area contributed by atoms with Gasteiger partial charge in [0.25, 0.3) is 0 Å². The van der Waals surface area contributed by atoms with E-state index in [1.165, 1.54) is 5.56 Å². The van der Waals surface area contributed by atoms with Gasteiger partial charge in [0.2, 0.25) is 0 Å². The van der Waals surface area contributed by atoms with Crippen molar-refractivity contribution in [1.29, 1.82) is 0 Å². The standard InChI is InChI=1S/C12H17BrN2S/c1-3-8-14-12(16)15(2)9-10-6-4-5-7-11(10)13/h4-7H,3,8-9H2,1-2H3,(H,14,16). The maximum atomic E-state index is 5.28. The number of halogens is 1. The fourth-order valence-corrected chi connectivity index (χ4v) is 1.90. The highest BCUT2D eigenvalue weighted by Gasteiger charge is 2.06. The quantitative estimate of drug-likeness (QED) is 0.860. The number of nitrogens with zero attached hydrogens (tertiary/aromatic N) is 1. The average molecular weight is 301 g/mol. The summed E-state index contributed by atoms with van der Waals surface area (Å²) in [6.45, 7) is 3.87. The van der Waals surface area contributed by atoms with Crippen LogP contribution < -0.4 is 5.32 Å². The van der Waals surface area contributed by atoms with E-state index < -0.39 is 0 Å². The zero-order valence-electron chi connectivity index (χ0n) is 9.66. The van der Waals surface area contributed by atoms with Crippen LogP contribution in [0, 0.1) is 0 Å². The second-order valence-corrected chi connectivity index (χ2v) is 4.92. The fourth-order valence-electron chi connectivity index (χ4n) is 1.32. The van der Waals surface area contributed by atoms with E-state index in [4.69, 9.17) is 12.2 Å². The average Bonchev–Trinajstić information content (AvgIpc) is 2.28. The summed E-state index contributed by atoms with van der Waals surface area (Å²) in [6.07, 6.45) is 1.09. The fraction of sp³-hybridized carbons (Fsp3) is 0.417. The topological polar surface area (TPSA) is 15.3 Å². The highest BCUT2D eigenvalue weighted by molar-refractivity contribution is 9.10. The Morgan fingerprint density at radius 3 is 2.75 bits per heavy atom. The zero-order valence-corrected chi connectivity index (χ0v) is 12.1. The van der Waals surface area contributed by atoms with Crippen molar-refractivity contribution in [3.05, 3.63) is 34.3 Å². The van der Waals surface area contributed by atoms with Gasteiger partial charge < -0.3 is 10.2 Å². The molecule has 1 aromatic carbocycles. The van der Waals surface area contributed by atoms with Crippen molar-refractivity contribution in [1.82, 2.24) is 10.2 Å². The second-order valence-electron chi connectivity index (χ2n) is 3.68. The number of hydrogen-bond donors (Lipinski definition) is 1. The Bertz CT molecular complexity index is 355.